The Labute approximate surface area is 60.2 Å². The summed E-state index contributed by atoms with van der Waals surface area (Å²) in [6.07, 6.45) is 0. The minimum absolute atomic E-state index is 0. The van der Waals surface area contributed by atoms with Gasteiger partial charge in [-0.1, -0.05) is 0 Å². The summed E-state index contributed by atoms with van der Waals surface area (Å²) < 4.78 is 0. The minimum atomic E-state index is 0. The molecule has 0 aromatic rings. The predicted molar refractivity (Wildman–Crippen MR) is 40.3 cm³/mol. The van der Waals surface area contributed by atoms with Gasteiger partial charge in [-0.25, -0.2) is 5.01 Å². The lowest BCUT2D eigenvalue weighted by Gasteiger charge is -2.19. The molecule has 0 spiro atoms. The van der Waals surface area contributed by atoms with Crippen molar-refractivity contribution in [3.8, 4) is 0 Å². The molecular weight excluding hydrogens is 144 g/mol. The number of thioether (sulfide) groups is 1. The lowest BCUT2D eigenvalue weighted by Crippen LogP contribution is -2.38. The molecule has 0 bridgehead atoms. The molecule has 0 aliphatic carbocycles. The molecule has 0 radical (unpaired) electrons. The molecule has 1 rings (SSSR count). The van der Waals surface area contributed by atoms with Crippen LogP contribution in [0, 0.1) is 0 Å². The first-order valence-corrected chi connectivity index (χ1v) is 3.62. The third-order valence-corrected chi connectivity index (χ3v) is 1.99. The largest absolute Gasteiger partial charge is 0.269 e. The smallest absolute Gasteiger partial charge is 0.0219 e. The monoisotopic (exact) mass is 154 g/mol. The van der Waals surface area contributed by atoms with Gasteiger partial charge in [-0.3, -0.25) is 5.84 Å². The first kappa shape index (κ1) is 8.56. The average molecular weight is 155 g/mol. The Morgan fingerprint density at radius 2 is 1.75 bits per heavy atom. The van der Waals surface area contributed by atoms with E-state index in [4.69, 9.17) is 5.84 Å². The summed E-state index contributed by atoms with van der Waals surface area (Å²) in [6, 6.07) is 0. The van der Waals surface area contributed by atoms with Gasteiger partial charge in [-0.05, 0) is 0 Å². The number of hydrazine groups is 1. The lowest BCUT2D eigenvalue weighted by atomic mass is 10.6. The third kappa shape index (κ3) is 2.77. The molecule has 50 valence electrons. The number of rotatable bonds is 0. The molecule has 0 amide bonds. The maximum Gasteiger partial charge on any atom is 0.0219 e. The first-order valence-electron chi connectivity index (χ1n) is 2.47. The van der Waals surface area contributed by atoms with E-state index < -0.39 is 0 Å². The van der Waals surface area contributed by atoms with E-state index in [1.54, 1.807) is 0 Å². The van der Waals surface area contributed by atoms with Crippen LogP contribution in [0.15, 0.2) is 0 Å². The van der Waals surface area contributed by atoms with E-state index in [-0.39, 0.29) is 12.4 Å². The van der Waals surface area contributed by atoms with Crippen molar-refractivity contribution in [1.82, 2.24) is 5.01 Å². The summed E-state index contributed by atoms with van der Waals surface area (Å²) in [6.45, 7) is 2.12. The maximum absolute atomic E-state index is 5.45. The molecule has 1 heterocycles. The van der Waals surface area contributed by atoms with E-state index in [1.807, 2.05) is 16.8 Å². The molecular formula is C4H11ClN2S. The third-order valence-electron chi connectivity index (χ3n) is 1.05. The number of halogens is 1. The van der Waals surface area contributed by atoms with Crippen LogP contribution in [-0.2, 0) is 0 Å². The highest BCUT2D eigenvalue weighted by atomic mass is 35.5. The highest BCUT2D eigenvalue weighted by Gasteiger charge is 2.03. The van der Waals surface area contributed by atoms with Crippen LogP contribution in [-0.4, -0.2) is 29.6 Å². The van der Waals surface area contributed by atoms with Crippen molar-refractivity contribution in [2.24, 2.45) is 5.84 Å². The molecule has 8 heavy (non-hydrogen) atoms. The van der Waals surface area contributed by atoms with Crippen molar-refractivity contribution in [1.29, 1.82) is 0 Å². The van der Waals surface area contributed by atoms with Crippen LogP contribution in [0.5, 0.6) is 0 Å². The molecule has 0 unspecified atom stereocenters. The second kappa shape index (κ2) is 4.44. The van der Waals surface area contributed by atoms with Crippen molar-refractivity contribution in [3.63, 3.8) is 0 Å². The second-order valence-electron chi connectivity index (χ2n) is 1.65. The van der Waals surface area contributed by atoms with Gasteiger partial charge in [-0.15, -0.1) is 12.4 Å². The Morgan fingerprint density at radius 3 is 2.00 bits per heavy atom. The van der Waals surface area contributed by atoms with Gasteiger partial charge in [0.2, 0.25) is 0 Å². The molecule has 4 heteroatoms. The zero-order valence-electron chi connectivity index (χ0n) is 4.67. The fourth-order valence-corrected chi connectivity index (χ4v) is 1.51. The van der Waals surface area contributed by atoms with Crippen LogP contribution < -0.4 is 5.84 Å². The van der Waals surface area contributed by atoms with Gasteiger partial charge < -0.3 is 0 Å². The summed E-state index contributed by atoms with van der Waals surface area (Å²) >= 11 is 1.98. The van der Waals surface area contributed by atoms with Crippen LogP contribution in [0.1, 0.15) is 0 Å². The molecule has 1 saturated heterocycles. The number of hydrogen-bond acceptors (Lipinski definition) is 3. The van der Waals surface area contributed by atoms with Gasteiger partial charge in [0.15, 0.2) is 0 Å². The predicted octanol–water partition coefficient (Wildman–Crippen LogP) is 0.331. The Bertz CT molecular complexity index is 56.0. The Kier molecular flexibility index (Phi) is 4.75. The van der Waals surface area contributed by atoms with Crippen LogP contribution in [0.3, 0.4) is 0 Å². The summed E-state index contributed by atoms with van der Waals surface area (Å²) in [7, 11) is 0. The maximum atomic E-state index is 5.45. The standard InChI is InChI=1S/C4H10N2S.ClH/c5-6-1-3-7-4-2-6;/h1-5H2;1H. The van der Waals surface area contributed by atoms with E-state index in [9.17, 15) is 0 Å². The molecule has 1 fully saturated rings. The summed E-state index contributed by atoms with van der Waals surface area (Å²) in [5.41, 5.74) is 0. The van der Waals surface area contributed by atoms with E-state index >= 15 is 0 Å². The molecule has 0 saturated carbocycles. The van der Waals surface area contributed by atoms with E-state index in [0.717, 1.165) is 13.1 Å². The fourth-order valence-electron chi connectivity index (χ4n) is 0.577. The van der Waals surface area contributed by atoms with Crippen LogP contribution in [0.4, 0.5) is 0 Å². The summed E-state index contributed by atoms with van der Waals surface area (Å²) in [5, 5.41) is 1.87. The van der Waals surface area contributed by atoms with Crippen molar-refractivity contribution < 1.29 is 0 Å². The topological polar surface area (TPSA) is 29.3 Å². The molecule has 1 aliphatic heterocycles. The van der Waals surface area contributed by atoms with Gasteiger partial charge in [0.25, 0.3) is 0 Å². The molecule has 2 N–H and O–H groups in total. The average Bonchev–Trinajstić information content (AvgIpc) is 1.69. The fraction of sp³-hybridized carbons (Fsp3) is 1.00. The van der Waals surface area contributed by atoms with Gasteiger partial charge in [0, 0.05) is 24.6 Å². The van der Waals surface area contributed by atoms with Crippen molar-refractivity contribution in [3.05, 3.63) is 0 Å². The molecule has 1 aliphatic rings. The molecule has 2 nitrogen and oxygen atoms in total. The van der Waals surface area contributed by atoms with Crippen LogP contribution >= 0.6 is 24.2 Å². The highest BCUT2D eigenvalue weighted by Crippen LogP contribution is 2.04. The van der Waals surface area contributed by atoms with Gasteiger partial charge in [0.1, 0.15) is 0 Å². The first-order chi connectivity index (χ1) is 3.39. The van der Waals surface area contributed by atoms with E-state index in [2.05, 4.69) is 0 Å². The van der Waals surface area contributed by atoms with Crippen molar-refractivity contribution >= 4 is 24.2 Å². The van der Waals surface area contributed by atoms with E-state index in [1.165, 1.54) is 11.5 Å². The normalized spacial score (nSPS) is 22.1. The highest BCUT2D eigenvalue weighted by molar-refractivity contribution is 7.99. The minimum Gasteiger partial charge on any atom is -0.269 e. The van der Waals surface area contributed by atoms with Crippen LogP contribution in [0.25, 0.3) is 0 Å². The summed E-state index contributed by atoms with van der Waals surface area (Å²) in [5.74, 6) is 7.86. The number of nitrogens with zero attached hydrogens (tertiary/aromatic N) is 1. The second-order valence-corrected chi connectivity index (χ2v) is 2.87. The van der Waals surface area contributed by atoms with Crippen molar-refractivity contribution in [2.75, 3.05) is 24.6 Å². The quantitative estimate of drug-likeness (QED) is 0.510. The van der Waals surface area contributed by atoms with Gasteiger partial charge in [-0.2, -0.15) is 11.8 Å². The van der Waals surface area contributed by atoms with E-state index in [0.29, 0.717) is 0 Å². The van der Waals surface area contributed by atoms with Gasteiger partial charge in [0.05, 0.1) is 0 Å². The molecule has 0 aromatic heterocycles. The van der Waals surface area contributed by atoms with Crippen molar-refractivity contribution in [2.45, 2.75) is 0 Å². The SMILES string of the molecule is Cl.NN1CCSCC1. The zero-order chi connectivity index (χ0) is 5.11. The molecule has 0 aromatic carbocycles. The Balaban J connectivity index is 0.000000490. The summed E-state index contributed by atoms with van der Waals surface area (Å²) in [4.78, 5) is 0. The van der Waals surface area contributed by atoms with Gasteiger partial charge >= 0.3 is 0 Å². The Hall–Kier alpha value is 0.560. The lowest BCUT2D eigenvalue weighted by molar-refractivity contribution is 0.315. The number of hydrogen-bond donors (Lipinski definition) is 1. The zero-order valence-corrected chi connectivity index (χ0v) is 6.30. The van der Waals surface area contributed by atoms with Crippen LogP contribution in [0.2, 0.25) is 0 Å². The molecule has 0 atom stereocenters. The Morgan fingerprint density at radius 1 is 1.25 bits per heavy atom. The number of nitrogens with two attached hydrogens (primary N) is 1.